The average Bonchev–Trinajstić information content (AvgIpc) is 2.87. The number of aryl methyl sites for hydroxylation is 1. The first-order chi connectivity index (χ1) is 10.2. The smallest absolute Gasteiger partial charge is 0.269 e. The minimum atomic E-state index is -0.373. The van der Waals surface area contributed by atoms with Gasteiger partial charge in [0.15, 0.2) is 0 Å². The average molecular weight is 280 g/mol. The number of aromatic nitrogens is 1. The van der Waals surface area contributed by atoms with Crippen molar-refractivity contribution in [3.8, 4) is 11.3 Å². The highest BCUT2D eigenvalue weighted by Gasteiger charge is 2.13. The van der Waals surface area contributed by atoms with Gasteiger partial charge in [-0.25, -0.2) is 0 Å². The Morgan fingerprint density at radius 1 is 1.10 bits per heavy atom. The van der Waals surface area contributed by atoms with Crippen molar-refractivity contribution in [3.05, 3.63) is 64.2 Å². The van der Waals surface area contributed by atoms with Crippen LogP contribution >= 0.6 is 0 Å². The first kappa shape index (κ1) is 13.4. The Labute approximate surface area is 122 Å². The van der Waals surface area contributed by atoms with E-state index in [1.54, 1.807) is 12.1 Å². The molecule has 21 heavy (non-hydrogen) atoms. The monoisotopic (exact) mass is 280 g/mol. The molecule has 0 fully saturated rings. The van der Waals surface area contributed by atoms with Crippen LogP contribution < -0.4 is 0 Å². The number of para-hydroxylation sites is 1. The molecule has 3 aromatic rings. The second kappa shape index (κ2) is 5.40. The van der Waals surface area contributed by atoms with Crippen LogP contribution in [0, 0.1) is 10.1 Å². The quantitative estimate of drug-likeness (QED) is 0.556. The first-order valence-corrected chi connectivity index (χ1v) is 7.05. The van der Waals surface area contributed by atoms with Crippen LogP contribution in [0.3, 0.4) is 0 Å². The van der Waals surface area contributed by atoms with E-state index in [0.717, 1.165) is 29.6 Å². The number of hydrogen-bond donors (Lipinski definition) is 1. The minimum absolute atomic E-state index is 0.118. The molecular formula is C17H16N2O2. The zero-order valence-corrected chi connectivity index (χ0v) is 11.8. The van der Waals surface area contributed by atoms with Crippen molar-refractivity contribution in [1.82, 2.24) is 4.98 Å². The van der Waals surface area contributed by atoms with E-state index in [1.807, 2.05) is 24.3 Å². The molecule has 3 rings (SSSR count). The van der Waals surface area contributed by atoms with Gasteiger partial charge in [-0.2, -0.15) is 0 Å². The van der Waals surface area contributed by atoms with Crippen LogP contribution in [-0.2, 0) is 6.42 Å². The summed E-state index contributed by atoms with van der Waals surface area (Å²) < 4.78 is 0. The minimum Gasteiger partial charge on any atom is -0.354 e. The van der Waals surface area contributed by atoms with Crippen LogP contribution in [0.4, 0.5) is 5.69 Å². The maximum absolute atomic E-state index is 10.8. The molecule has 2 aromatic carbocycles. The third-order valence-electron chi connectivity index (χ3n) is 3.68. The standard InChI is InChI=1S/C17H16N2O2/c1-2-5-15-14-6-3-4-7-16(14)18-17(15)12-8-10-13(11-9-12)19(20)21/h3-4,6-11,18H,2,5H2,1H3. The van der Waals surface area contributed by atoms with Crippen molar-refractivity contribution in [1.29, 1.82) is 0 Å². The van der Waals surface area contributed by atoms with Crippen LogP contribution in [0.5, 0.6) is 0 Å². The molecule has 0 aliphatic heterocycles. The summed E-state index contributed by atoms with van der Waals surface area (Å²) in [5.74, 6) is 0. The number of hydrogen-bond acceptors (Lipinski definition) is 2. The molecular weight excluding hydrogens is 264 g/mol. The topological polar surface area (TPSA) is 58.9 Å². The molecule has 0 saturated carbocycles. The Hall–Kier alpha value is -2.62. The van der Waals surface area contributed by atoms with Gasteiger partial charge < -0.3 is 4.98 Å². The van der Waals surface area contributed by atoms with Gasteiger partial charge in [-0.3, -0.25) is 10.1 Å². The number of nitrogens with zero attached hydrogens (tertiary/aromatic N) is 1. The van der Waals surface area contributed by atoms with Crippen molar-refractivity contribution >= 4 is 16.6 Å². The van der Waals surface area contributed by atoms with Crippen LogP contribution in [0.2, 0.25) is 0 Å². The number of aromatic amines is 1. The highest BCUT2D eigenvalue weighted by atomic mass is 16.6. The van der Waals surface area contributed by atoms with E-state index in [-0.39, 0.29) is 10.6 Å². The van der Waals surface area contributed by atoms with Crippen LogP contribution in [0.25, 0.3) is 22.2 Å². The number of nitro groups is 1. The van der Waals surface area contributed by atoms with Crippen molar-refractivity contribution in [3.63, 3.8) is 0 Å². The van der Waals surface area contributed by atoms with Gasteiger partial charge in [-0.05, 0) is 35.7 Å². The first-order valence-electron chi connectivity index (χ1n) is 7.05. The maximum atomic E-state index is 10.8. The maximum Gasteiger partial charge on any atom is 0.269 e. The van der Waals surface area contributed by atoms with Gasteiger partial charge >= 0.3 is 0 Å². The molecule has 0 aliphatic rings. The highest BCUT2D eigenvalue weighted by Crippen LogP contribution is 2.32. The number of non-ortho nitro benzene ring substituents is 1. The molecule has 4 nitrogen and oxygen atoms in total. The number of nitrogens with one attached hydrogen (secondary N) is 1. The van der Waals surface area contributed by atoms with Gasteiger partial charge in [0.1, 0.15) is 0 Å². The van der Waals surface area contributed by atoms with Crippen LogP contribution in [0.15, 0.2) is 48.5 Å². The Morgan fingerprint density at radius 2 is 1.81 bits per heavy atom. The molecule has 1 aromatic heterocycles. The molecule has 0 amide bonds. The highest BCUT2D eigenvalue weighted by molar-refractivity contribution is 5.90. The number of H-pyrrole nitrogens is 1. The summed E-state index contributed by atoms with van der Waals surface area (Å²) in [6, 6.07) is 14.9. The Bertz CT molecular complexity index is 788. The van der Waals surface area contributed by atoms with E-state index in [1.165, 1.54) is 10.9 Å². The van der Waals surface area contributed by atoms with E-state index in [4.69, 9.17) is 0 Å². The summed E-state index contributed by atoms with van der Waals surface area (Å²) in [7, 11) is 0. The lowest BCUT2D eigenvalue weighted by molar-refractivity contribution is -0.384. The zero-order chi connectivity index (χ0) is 14.8. The van der Waals surface area contributed by atoms with Gasteiger partial charge in [0, 0.05) is 28.7 Å². The molecule has 1 N–H and O–H groups in total. The van der Waals surface area contributed by atoms with E-state index in [0.29, 0.717) is 0 Å². The van der Waals surface area contributed by atoms with E-state index < -0.39 is 0 Å². The largest absolute Gasteiger partial charge is 0.354 e. The van der Waals surface area contributed by atoms with Gasteiger partial charge in [0.05, 0.1) is 4.92 Å². The predicted molar refractivity (Wildman–Crippen MR) is 84.4 cm³/mol. The fourth-order valence-corrected chi connectivity index (χ4v) is 2.71. The normalized spacial score (nSPS) is 10.9. The molecule has 0 spiro atoms. The van der Waals surface area contributed by atoms with Gasteiger partial charge in [0.25, 0.3) is 5.69 Å². The Balaban J connectivity index is 2.14. The second-order valence-electron chi connectivity index (χ2n) is 5.08. The van der Waals surface area contributed by atoms with Crippen molar-refractivity contribution in [2.45, 2.75) is 19.8 Å². The van der Waals surface area contributed by atoms with Gasteiger partial charge in [0.2, 0.25) is 0 Å². The summed E-state index contributed by atoms with van der Waals surface area (Å²) in [5, 5.41) is 12.0. The number of rotatable bonds is 4. The summed E-state index contributed by atoms with van der Waals surface area (Å²) in [6.07, 6.45) is 2.04. The molecule has 0 radical (unpaired) electrons. The fourth-order valence-electron chi connectivity index (χ4n) is 2.71. The number of benzene rings is 2. The lowest BCUT2D eigenvalue weighted by Gasteiger charge is -2.04. The van der Waals surface area contributed by atoms with Crippen molar-refractivity contribution in [2.24, 2.45) is 0 Å². The van der Waals surface area contributed by atoms with Crippen LogP contribution in [0.1, 0.15) is 18.9 Å². The molecule has 0 bridgehead atoms. The fraction of sp³-hybridized carbons (Fsp3) is 0.176. The lowest BCUT2D eigenvalue weighted by Crippen LogP contribution is -1.89. The molecule has 4 heteroatoms. The third kappa shape index (κ3) is 2.40. The molecule has 1 heterocycles. The summed E-state index contributed by atoms with van der Waals surface area (Å²) >= 11 is 0. The number of nitro benzene ring substituents is 1. The summed E-state index contributed by atoms with van der Waals surface area (Å²) in [5.41, 5.74) is 4.55. The van der Waals surface area contributed by atoms with Crippen molar-refractivity contribution < 1.29 is 4.92 Å². The zero-order valence-electron chi connectivity index (χ0n) is 11.8. The molecule has 106 valence electrons. The molecule has 0 aliphatic carbocycles. The predicted octanol–water partition coefficient (Wildman–Crippen LogP) is 4.70. The molecule has 0 saturated heterocycles. The van der Waals surface area contributed by atoms with Gasteiger partial charge in [-0.15, -0.1) is 0 Å². The lowest BCUT2D eigenvalue weighted by atomic mass is 10.0. The van der Waals surface area contributed by atoms with E-state index >= 15 is 0 Å². The Morgan fingerprint density at radius 3 is 2.48 bits per heavy atom. The number of fused-ring (bicyclic) bond motifs is 1. The second-order valence-corrected chi connectivity index (χ2v) is 5.08. The van der Waals surface area contributed by atoms with E-state index in [9.17, 15) is 10.1 Å². The third-order valence-corrected chi connectivity index (χ3v) is 3.68. The van der Waals surface area contributed by atoms with Crippen molar-refractivity contribution in [2.75, 3.05) is 0 Å². The Kier molecular flexibility index (Phi) is 3.44. The molecule has 0 atom stereocenters. The summed E-state index contributed by atoms with van der Waals surface area (Å²) in [6.45, 7) is 2.15. The SMILES string of the molecule is CCCc1c(-c2ccc([N+](=O)[O-])cc2)[nH]c2ccccc12. The molecule has 0 unspecified atom stereocenters. The van der Waals surface area contributed by atoms with Gasteiger partial charge in [-0.1, -0.05) is 31.5 Å². The van der Waals surface area contributed by atoms with E-state index in [2.05, 4.69) is 24.0 Å². The summed E-state index contributed by atoms with van der Waals surface area (Å²) in [4.78, 5) is 13.8. The van der Waals surface area contributed by atoms with Crippen LogP contribution in [-0.4, -0.2) is 9.91 Å².